The molecule has 18 heavy (non-hydrogen) atoms. The molecule has 2 unspecified atom stereocenters. The summed E-state index contributed by atoms with van der Waals surface area (Å²) < 4.78 is 37.8. The lowest BCUT2D eigenvalue weighted by molar-refractivity contribution is -0.0870. The quantitative estimate of drug-likeness (QED) is 0.895. The molecule has 1 aromatic rings. The van der Waals surface area contributed by atoms with Crippen LogP contribution in [-0.4, -0.2) is 32.5 Å². The van der Waals surface area contributed by atoms with E-state index in [0.29, 0.717) is 26.4 Å². The van der Waals surface area contributed by atoms with Crippen LogP contribution < -0.4 is 5.32 Å². The molecule has 0 spiro atoms. The van der Waals surface area contributed by atoms with Gasteiger partial charge in [0.25, 0.3) is 0 Å². The summed E-state index contributed by atoms with van der Waals surface area (Å²) in [5, 5.41) is 3.07. The van der Waals surface area contributed by atoms with Gasteiger partial charge in [0.2, 0.25) is 0 Å². The van der Waals surface area contributed by atoms with Crippen LogP contribution >= 0.6 is 0 Å². The van der Waals surface area contributed by atoms with Crippen LogP contribution in [-0.2, 0) is 9.47 Å². The van der Waals surface area contributed by atoms with Gasteiger partial charge < -0.3 is 14.8 Å². The van der Waals surface area contributed by atoms with Crippen molar-refractivity contribution in [3.05, 3.63) is 35.4 Å². The van der Waals surface area contributed by atoms with Crippen LogP contribution in [0.5, 0.6) is 0 Å². The average molecular weight is 257 g/mol. The van der Waals surface area contributed by atoms with Crippen LogP contribution in [0.1, 0.15) is 18.5 Å². The Labute approximate surface area is 105 Å². The fourth-order valence-electron chi connectivity index (χ4n) is 1.99. The fraction of sp³-hybridized carbons (Fsp3) is 0.538. The average Bonchev–Trinajstić information content (AvgIpc) is 2.37. The van der Waals surface area contributed by atoms with Crippen molar-refractivity contribution in [1.82, 2.24) is 5.32 Å². The lowest BCUT2D eigenvalue weighted by Crippen LogP contribution is -2.38. The van der Waals surface area contributed by atoms with E-state index in [1.807, 2.05) is 0 Å². The number of hydrogen-bond acceptors (Lipinski definition) is 3. The second-order valence-corrected chi connectivity index (χ2v) is 4.33. The van der Waals surface area contributed by atoms with E-state index in [1.54, 1.807) is 6.92 Å². The molecular weight excluding hydrogens is 240 g/mol. The first-order valence-electron chi connectivity index (χ1n) is 6.05. The Bertz CT molecular complexity index is 374. The van der Waals surface area contributed by atoms with Crippen LogP contribution in [0.3, 0.4) is 0 Å². The molecule has 0 aliphatic carbocycles. The molecule has 1 N–H and O–H groups in total. The Kier molecular flexibility index (Phi) is 4.63. The van der Waals surface area contributed by atoms with Gasteiger partial charge in [0.15, 0.2) is 0 Å². The molecule has 1 saturated heterocycles. The Hall–Kier alpha value is -1.04. The third-order valence-corrected chi connectivity index (χ3v) is 2.97. The summed E-state index contributed by atoms with van der Waals surface area (Å²) in [4.78, 5) is 0. The van der Waals surface area contributed by atoms with Crippen LogP contribution in [0.4, 0.5) is 8.78 Å². The molecule has 0 aromatic heterocycles. The zero-order valence-electron chi connectivity index (χ0n) is 10.3. The summed E-state index contributed by atoms with van der Waals surface area (Å²) in [6.45, 7) is 3.92. The molecule has 1 heterocycles. The summed E-state index contributed by atoms with van der Waals surface area (Å²) in [5.41, 5.74) is 0.0641. The minimum absolute atomic E-state index is 0.0592. The predicted octanol–water partition coefficient (Wildman–Crippen LogP) is 2.03. The van der Waals surface area contributed by atoms with E-state index in [9.17, 15) is 8.78 Å². The fourth-order valence-corrected chi connectivity index (χ4v) is 1.99. The minimum atomic E-state index is -0.532. The molecule has 2 atom stereocenters. The summed E-state index contributed by atoms with van der Waals surface area (Å²) in [6, 6.07) is 3.48. The largest absolute Gasteiger partial charge is 0.376 e. The summed E-state index contributed by atoms with van der Waals surface area (Å²) in [6.07, 6.45) is -0.0592. The standard InChI is InChI=1S/C13H17F2NO2/c1-9(13-11(14)3-2-4-12(13)15)16-7-10-8-17-5-6-18-10/h2-4,9-10,16H,5-8H2,1H3. The zero-order chi connectivity index (χ0) is 13.0. The lowest BCUT2D eigenvalue weighted by Gasteiger charge is -2.25. The van der Waals surface area contributed by atoms with Crippen LogP contribution in [0.15, 0.2) is 18.2 Å². The molecule has 0 bridgehead atoms. The molecular formula is C13H17F2NO2. The van der Waals surface area contributed by atoms with Crippen molar-refractivity contribution in [1.29, 1.82) is 0 Å². The SMILES string of the molecule is CC(NCC1COCCO1)c1c(F)cccc1F. The van der Waals surface area contributed by atoms with Gasteiger partial charge in [0, 0.05) is 18.2 Å². The molecule has 0 radical (unpaired) electrons. The third kappa shape index (κ3) is 3.25. The predicted molar refractivity (Wildman–Crippen MR) is 63.3 cm³/mol. The molecule has 0 amide bonds. The van der Waals surface area contributed by atoms with Crippen LogP contribution in [0.25, 0.3) is 0 Å². The van der Waals surface area contributed by atoms with Gasteiger partial charge in [-0.15, -0.1) is 0 Å². The van der Waals surface area contributed by atoms with Gasteiger partial charge in [0.1, 0.15) is 11.6 Å². The van der Waals surface area contributed by atoms with E-state index in [4.69, 9.17) is 9.47 Å². The number of benzene rings is 1. The maximum atomic E-state index is 13.5. The number of hydrogen-bond donors (Lipinski definition) is 1. The molecule has 1 fully saturated rings. The van der Waals surface area contributed by atoms with Gasteiger partial charge >= 0.3 is 0 Å². The minimum Gasteiger partial charge on any atom is -0.376 e. The first-order valence-corrected chi connectivity index (χ1v) is 6.05. The number of ether oxygens (including phenoxy) is 2. The monoisotopic (exact) mass is 257 g/mol. The first-order chi connectivity index (χ1) is 8.68. The lowest BCUT2D eigenvalue weighted by atomic mass is 10.1. The molecule has 0 saturated carbocycles. The second-order valence-electron chi connectivity index (χ2n) is 4.33. The highest BCUT2D eigenvalue weighted by molar-refractivity contribution is 5.22. The summed E-state index contributed by atoms with van der Waals surface area (Å²) in [7, 11) is 0. The summed E-state index contributed by atoms with van der Waals surface area (Å²) >= 11 is 0. The topological polar surface area (TPSA) is 30.5 Å². The Morgan fingerprint density at radius 3 is 2.67 bits per heavy atom. The second kappa shape index (κ2) is 6.22. The highest BCUT2D eigenvalue weighted by Crippen LogP contribution is 2.20. The number of nitrogens with one attached hydrogen (secondary N) is 1. The first kappa shape index (κ1) is 13.4. The number of halogens is 2. The molecule has 2 rings (SSSR count). The molecule has 1 aromatic carbocycles. The van der Waals surface area contributed by atoms with E-state index in [-0.39, 0.29) is 11.7 Å². The van der Waals surface area contributed by atoms with Crippen molar-refractivity contribution < 1.29 is 18.3 Å². The maximum absolute atomic E-state index is 13.5. The zero-order valence-corrected chi connectivity index (χ0v) is 10.3. The highest BCUT2D eigenvalue weighted by atomic mass is 19.1. The van der Waals surface area contributed by atoms with Gasteiger partial charge in [-0.25, -0.2) is 8.78 Å². The van der Waals surface area contributed by atoms with Crippen LogP contribution in [0.2, 0.25) is 0 Å². The number of rotatable bonds is 4. The van der Waals surface area contributed by atoms with Crippen molar-refractivity contribution in [2.45, 2.75) is 19.1 Å². The van der Waals surface area contributed by atoms with Gasteiger partial charge in [-0.2, -0.15) is 0 Å². The van der Waals surface area contributed by atoms with Gasteiger partial charge in [0.05, 0.1) is 25.9 Å². The molecule has 1 aliphatic heterocycles. The summed E-state index contributed by atoms with van der Waals surface area (Å²) in [5.74, 6) is -1.06. The molecule has 5 heteroatoms. The van der Waals surface area contributed by atoms with E-state index >= 15 is 0 Å². The Balaban J connectivity index is 1.92. The molecule has 100 valence electrons. The van der Waals surface area contributed by atoms with Gasteiger partial charge in [-0.1, -0.05) is 6.07 Å². The van der Waals surface area contributed by atoms with E-state index in [1.165, 1.54) is 18.2 Å². The van der Waals surface area contributed by atoms with E-state index in [2.05, 4.69) is 5.32 Å². The highest BCUT2D eigenvalue weighted by Gasteiger charge is 2.19. The van der Waals surface area contributed by atoms with Gasteiger partial charge in [-0.05, 0) is 19.1 Å². The smallest absolute Gasteiger partial charge is 0.130 e. The van der Waals surface area contributed by atoms with Crippen molar-refractivity contribution in [2.24, 2.45) is 0 Å². The van der Waals surface area contributed by atoms with Crippen molar-refractivity contribution in [2.75, 3.05) is 26.4 Å². The maximum Gasteiger partial charge on any atom is 0.130 e. The van der Waals surface area contributed by atoms with Crippen molar-refractivity contribution in [3.63, 3.8) is 0 Å². The van der Waals surface area contributed by atoms with Crippen molar-refractivity contribution >= 4 is 0 Å². The Morgan fingerprint density at radius 2 is 2.06 bits per heavy atom. The van der Waals surface area contributed by atoms with Crippen molar-refractivity contribution in [3.8, 4) is 0 Å². The third-order valence-electron chi connectivity index (χ3n) is 2.97. The van der Waals surface area contributed by atoms with E-state index in [0.717, 1.165) is 0 Å². The normalized spacial score (nSPS) is 21.8. The Morgan fingerprint density at radius 1 is 1.33 bits per heavy atom. The van der Waals surface area contributed by atoms with E-state index < -0.39 is 17.7 Å². The molecule has 1 aliphatic rings. The van der Waals surface area contributed by atoms with Crippen LogP contribution in [0, 0.1) is 11.6 Å². The molecule has 3 nitrogen and oxygen atoms in total. The van der Waals surface area contributed by atoms with Gasteiger partial charge in [-0.3, -0.25) is 0 Å².